The number of nitrogens with one attached hydrogen (secondary N) is 2. The number of H-pyrrole nitrogens is 1. The molecule has 1 heterocycles. The molecule has 2 rings (SSSR count). The second kappa shape index (κ2) is 5.70. The van der Waals surface area contributed by atoms with Gasteiger partial charge in [0.15, 0.2) is 0 Å². The molecule has 0 amide bonds. The summed E-state index contributed by atoms with van der Waals surface area (Å²) in [6.07, 6.45) is 4.47. The molecule has 2 N–H and O–H groups in total. The zero-order valence-electron chi connectivity index (χ0n) is 11.6. The van der Waals surface area contributed by atoms with Crippen LogP contribution < -0.4 is 10.9 Å². The van der Waals surface area contributed by atoms with Crippen LogP contribution in [0.2, 0.25) is 0 Å². The number of rotatable bonds is 4. The first-order valence-corrected chi connectivity index (χ1v) is 7.10. The zero-order chi connectivity index (χ0) is 13.1. The predicted octanol–water partition coefficient (Wildman–Crippen LogP) is 2.78. The van der Waals surface area contributed by atoms with Crippen LogP contribution in [0.3, 0.4) is 0 Å². The Bertz CT molecular complexity index is 450. The highest BCUT2D eigenvalue weighted by Crippen LogP contribution is 2.28. The molecule has 0 fully saturated rings. The van der Waals surface area contributed by atoms with Crippen molar-refractivity contribution in [3.05, 3.63) is 33.7 Å². The molecule has 0 saturated heterocycles. The van der Waals surface area contributed by atoms with Crippen molar-refractivity contribution in [3.8, 4) is 0 Å². The van der Waals surface area contributed by atoms with Gasteiger partial charge in [-0.25, -0.2) is 0 Å². The fraction of sp³-hybridized carbons (Fsp3) is 0.667. The first-order chi connectivity index (χ1) is 8.61. The average Bonchev–Trinajstić information content (AvgIpc) is 2.35. The SMILES string of the molecule is CCC(NC1CCCc2[nH]c(=O)ccc21)C(C)C. The van der Waals surface area contributed by atoms with Crippen molar-refractivity contribution >= 4 is 0 Å². The first kappa shape index (κ1) is 13.3. The van der Waals surface area contributed by atoms with Gasteiger partial charge in [-0.15, -0.1) is 0 Å². The molecule has 1 aromatic heterocycles. The van der Waals surface area contributed by atoms with Crippen molar-refractivity contribution in [1.82, 2.24) is 10.3 Å². The van der Waals surface area contributed by atoms with Gasteiger partial charge in [-0.1, -0.05) is 26.8 Å². The summed E-state index contributed by atoms with van der Waals surface area (Å²) >= 11 is 0. The Balaban J connectivity index is 2.19. The van der Waals surface area contributed by atoms with E-state index in [0.717, 1.165) is 25.0 Å². The summed E-state index contributed by atoms with van der Waals surface area (Å²) < 4.78 is 0. The summed E-state index contributed by atoms with van der Waals surface area (Å²) in [5, 5.41) is 3.76. The van der Waals surface area contributed by atoms with E-state index in [1.807, 2.05) is 6.07 Å². The third-order valence-corrected chi connectivity index (χ3v) is 3.99. The second-order valence-electron chi connectivity index (χ2n) is 5.63. The molecule has 0 aliphatic heterocycles. The predicted molar refractivity (Wildman–Crippen MR) is 74.8 cm³/mol. The standard InChI is InChI=1S/C15H24N2O/c1-4-12(10(2)3)16-13-6-5-7-14-11(13)8-9-15(18)17-14/h8-10,12-13,16H,4-7H2,1-3H3,(H,17,18). The minimum absolute atomic E-state index is 0.0188. The molecule has 100 valence electrons. The normalized spacial score (nSPS) is 20.8. The van der Waals surface area contributed by atoms with Crippen LogP contribution in [0.4, 0.5) is 0 Å². The smallest absolute Gasteiger partial charge is 0.248 e. The summed E-state index contributed by atoms with van der Waals surface area (Å²) in [6.45, 7) is 6.75. The minimum atomic E-state index is 0.0188. The Morgan fingerprint density at radius 1 is 1.44 bits per heavy atom. The highest BCUT2D eigenvalue weighted by molar-refractivity contribution is 5.26. The maximum absolute atomic E-state index is 11.4. The third kappa shape index (κ3) is 2.83. The van der Waals surface area contributed by atoms with Crippen LogP contribution >= 0.6 is 0 Å². The van der Waals surface area contributed by atoms with Gasteiger partial charge in [0.2, 0.25) is 5.56 Å². The largest absolute Gasteiger partial charge is 0.326 e. The van der Waals surface area contributed by atoms with Crippen molar-refractivity contribution in [1.29, 1.82) is 0 Å². The van der Waals surface area contributed by atoms with Crippen LogP contribution in [-0.2, 0) is 6.42 Å². The van der Waals surface area contributed by atoms with Crippen LogP contribution in [0, 0.1) is 5.92 Å². The van der Waals surface area contributed by atoms with Gasteiger partial charge < -0.3 is 10.3 Å². The van der Waals surface area contributed by atoms with Crippen LogP contribution in [0.5, 0.6) is 0 Å². The fourth-order valence-electron chi connectivity index (χ4n) is 2.91. The number of hydrogen-bond acceptors (Lipinski definition) is 2. The lowest BCUT2D eigenvalue weighted by molar-refractivity contribution is 0.324. The zero-order valence-corrected chi connectivity index (χ0v) is 11.6. The second-order valence-corrected chi connectivity index (χ2v) is 5.63. The van der Waals surface area contributed by atoms with Gasteiger partial charge in [-0.2, -0.15) is 0 Å². The number of aryl methyl sites for hydroxylation is 1. The van der Waals surface area contributed by atoms with E-state index < -0.39 is 0 Å². The Morgan fingerprint density at radius 3 is 2.89 bits per heavy atom. The molecule has 3 nitrogen and oxygen atoms in total. The maximum Gasteiger partial charge on any atom is 0.248 e. The molecule has 0 radical (unpaired) electrons. The van der Waals surface area contributed by atoms with Gasteiger partial charge in [-0.05, 0) is 37.2 Å². The molecule has 0 bridgehead atoms. The molecule has 0 spiro atoms. The molecule has 2 atom stereocenters. The number of aromatic nitrogens is 1. The molecule has 1 aliphatic carbocycles. The minimum Gasteiger partial charge on any atom is -0.326 e. The molecular formula is C15H24N2O. The van der Waals surface area contributed by atoms with E-state index in [-0.39, 0.29) is 5.56 Å². The van der Waals surface area contributed by atoms with E-state index in [0.29, 0.717) is 18.0 Å². The fourth-order valence-corrected chi connectivity index (χ4v) is 2.91. The van der Waals surface area contributed by atoms with Gasteiger partial charge in [0.1, 0.15) is 0 Å². The Hall–Kier alpha value is -1.09. The van der Waals surface area contributed by atoms with Crippen molar-refractivity contribution in [3.63, 3.8) is 0 Å². The van der Waals surface area contributed by atoms with E-state index >= 15 is 0 Å². The lowest BCUT2D eigenvalue weighted by Gasteiger charge is -2.31. The lowest BCUT2D eigenvalue weighted by Crippen LogP contribution is -2.38. The molecule has 18 heavy (non-hydrogen) atoms. The molecule has 0 aromatic carbocycles. The van der Waals surface area contributed by atoms with Crippen molar-refractivity contribution in [2.75, 3.05) is 0 Å². The quantitative estimate of drug-likeness (QED) is 0.860. The monoisotopic (exact) mass is 248 g/mol. The average molecular weight is 248 g/mol. The van der Waals surface area contributed by atoms with E-state index in [1.165, 1.54) is 12.0 Å². The molecular weight excluding hydrogens is 224 g/mol. The van der Waals surface area contributed by atoms with Crippen LogP contribution in [-0.4, -0.2) is 11.0 Å². The lowest BCUT2D eigenvalue weighted by atomic mass is 9.89. The van der Waals surface area contributed by atoms with E-state index in [1.54, 1.807) is 6.07 Å². The first-order valence-electron chi connectivity index (χ1n) is 7.10. The van der Waals surface area contributed by atoms with E-state index in [2.05, 4.69) is 31.1 Å². The highest BCUT2D eigenvalue weighted by atomic mass is 16.1. The highest BCUT2D eigenvalue weighted by Gasteiger charge is 2.23. The van der Waals surface area contributed by atoms with Crippen molar-refractivity contribution in [2.24, 2.45) is 5.92 Å². The number of aromatic amines is 1. The third-order valence-electron chi connectivity index (χ3n) is 3.99. The van der Waals surface area contributed by atoms with Gasteiger partial charge in [0, 0.05) is 23.8 Å². The van der Waals surface area contributed by atoms with Crippen molar-refractivity contribution in [2.45, 2.75) is 58.5 Å². The Kier molecular flexibility index (Phi) is 4.23. The Morgan fingerprint density at radius 2 is 2.22 bits per heavy atom. The molecule has 3 heteroatoms. The van der Waals surface area contributed by atoms with Gasteiger partial charge >= 0.3 is 0 Å². The number of fused-ring (bicyclic) bond motifs is 1. The van der Waals surface area contributed by atoms with E-state index in [4.69, 9.17) is 0 Å². The van der Waals surface area contributed by atoms with Gasteiger partial charge in [-0.3, -0.25) is 4.79 Å². The summed E-state index contributed by atoms with van der Waals surface area (Å²) in [5.74, 6) is 0.642. The Labute approximate surface area is 109 Å². The molecule has 0 saturated carbocycles. The van der Waals surface area contributed by atoms with Crippen LogP contribution in [0.15, 0.2) is 16.9 Å². The number of hydrogen-bond donors (Lipinski definition) is 2. The molecule has 1 aromatic rings. The summed E-state index contributed by atoms with van der Waals surface area (Å²) in [4.78, 5) is 14.3. The summed E-state index contributed by atoms with van der Waals surface area (Å²) in [6, 6.07) is 4.60. The topological polar surface area (TPSA) is 44.9 Å². The van der Waals surface area contributed by atoms with Gasteiger partial charge in [0.25, 0.3) is 0 Å². The van der Waals surface area contributed by atoms with Crippen LogP contribution in [0.25, 0.3) is 0 Å². The summed E-state index contributed by atoms with van der Waals surface area (Å²) in [5.41, 5.74) is 2.44. The summed E-state index contributed by atoms with van der Waals surface area (Å²) in [7, 11) is 0. The van der Waals surface area contributed by atoms with Gasteiger partial charge in [0.05, 0.1) is 0 Å². The number of pyridine rings is 1. The van der Waals surface area contributed by atoms with E-state index in [9.17, 15) is 4.79 Å². The molecule has 2 unspecified atom stereocenters. The van der Waals surface area contributed by atoms with Crippen LogP contribution in [0.1, 0.15) is 57.3 Å². The maximum atomic E-state index is 11.4. The molecule has 1 aliphatic rings. The van der Waals surface area contributed by atoms with Crippen molar-refractivity contribution < 1.29 is 0 Å².